The maximum Gasteiger partial charge on any atom is 0.178 e. The van der Waals surface area contributed by atoms with E-state index in [1.807, 2.05) is 34.4 Å². The van der Waals surface area contributed by atoms with Crippen molar-refractivity contribution >= 4 is 23.3 Å². The zero-order valence-corrected chi connectivity index (χ0v) is 11.4. The van der Waals surface area contributed by atoms with E-state index in [1.54, 1.807) is 13.4 Å². The predicted molar refractivity (Wildman–Crippen MR) is 73.8 cm³/mol. The molecule has 0 unspecified atom stereocenters. The number of ether oxygens (including phenoxy) is 1. The Kier molecular flexibility index (Phi) is 2.83. The van der Waals surface area contributed by atoms with Crippen LogP contribution in [0.4, 0.5) is 0 Å². The van der Waals surface area contributed by atoms with Gasteiger partial charge in [-0.25, -0.2) is 0 Å². The fourth-order valence-electron chi connectivity index (χ4n) is 2.01. The predicted octanol–water partition coefficient (Wildman–Crippen LogP) is 1.88. The number of aryl methyl sites for hydroxylation is 1. The highest BCUT2D eigenvalue weighted by Crippen LogP contribution is 2.21. The number of rotatable bonds is 3. The summed E-state index contributed by atoms with van der Waals surface area (Å²) in [6.45, 7) is 0.572. The Morgan fingerprint density at radius 3 is 2.95 bits per heavy atom. The summed E-state index contributed by atoms with van der Waals surface area (Å²) in [5, 5.41) is 7.96. The highest BCUT2D eigenvalue weighted by atomic mass is 32.1. The molecule has 6 nitrogen and oxygen atoms in total. The van der Waals surface area contributed by atoms with Crippen molar-refractivity contribution in [2.75, 3.05) is 7.11 Å². The van der Waals surface area contributed by atoms with Crippen LogP contribution in [0.2, 0.25) is 0 Å². The minimum atomic E-state index is 0.572. The molecule has 19 heavy (non-hydrogen) atoms. The zero-order chi connectivity index (χ0) is 13.4. The van der Waals surface area contributed by atoms with Crippen LogP contribution in [0.3, 0.4) is 0 Å². The van der Waals surface area contributed by atoms with Gasteiger partial charge in [-0.3, -0.25) is 0 Å². The van der Waals surface area contributed by atoms with Crippen LogP contribution in [0.1, 0.15) is 5.82 Å². The number of H-pyrrole nitrogens is 1. The van der Waals surface area contributed by atoms with Crippen LogP contribution in [0.5, 0.6) is 5.75 Å². The number of imidazole rings is 1. The van der Waals surface area contributed by atoms with E-state index >= 15 is 0 Å². The quantitative estimate of drug-likeness (QED) is 0.741. The number of aromatic nitrogens is 5. The van der Waals surface area contributed by atoms with E-state index in [4.69, 9.17) is 17.0 Å². The molecule has 0 amide bonds. The third-order valence-corrected chi connectivity index (χ3v) is 3.41. The van der Waals surface area contributed by atoms with Gasteiger partial charge < -0.3 is 18.9 Å². The standard InChI is InChI=1S/C12H13N5OS/c1-16-7-13-15-11(16)6-17-10-5-8(18-2)3-4-9(10)14-12(17)19/h3-5,7H,6H2,1-2H3,(H,14,19). The first kappa shape index (κ1) is 11.9. The molecule has 0 aliphatic heterocycles. The number of nitrogens with one attached hydrogen (secondary N) is 1. The lowest BCUT2D eigenvalue weighted by Crippen LogP contribution is -2.05. The molecule has 3 aromatic rings. The van der Waals surface area contributed by atoms with Gasteiger partial charge in [0.15, 0.2) is 10.6 Å². The summed E-state index contributed by atoms with van der Waals surface area (Å²) in [7, 11) is 3.56. The molecular weight excluding hydrogens is 262 g/mol. The molecule has 0 saturated carbocycles. The highest BCUT2D eigenvalue weighted by molar-refractivity contribution is 7.71. The van der Waals surface area contributed by atoms with E-state index in [2.05, 4.69) is 15.2 Å². The molecular formula is C12H13N5OS. The molecule has 98 valence electrons. The Balaban J connectivity index is 2.14. The monoisotopic (exact) mass is 275 g/mol. The molecule has 0 saturated heterocycles. The van der Waals surface area contributed by atoms with Crippen molar-refractivity contribution in [2.24, 2.45) is 7.05 Å². The van der Waals surface area contributed by atoms with Gasteiger partial charge in [0.1, 0.15) is 12.1 Å². The first-order valence-corrected chi connectivity index (χ1v) is 6.19. The minimum absolute atomic E-state index is 0.572. The average molecular weight is 275 g/mol. The molecule has 3 rings (SSSR count). The van der Waals surface area contributed by atoms with E-state index in [9.17, 15) is 0 Å². The zero-order valence-electron chi connectivity index (χ0n) is 10.6. The third kappa shape index (κ3) is 2.01. The highest BCUT2D eigenvalue weighted by Gasteiger charge is 2.09. The van der Waals surface area contributed by atoms with Gasteiger partial charge >= 0.3 is 0 Å². The van der Waals surface area contributed by atoms with Crippen molar-refractivity contribution in [1.82, 2.24) is 24.3 Å². The van der Waals surface area contributed by atoms with E-state index in [-0.39, 0.29) is 0 Å². The molecule has 0 atom stereocenters. The van der Waals surface area contributed by atoms with Gasteiger partial charge in [-0.15, -0.1) is 10.2 Å². The Morgan fingerprint density at radius 2 is 2.26 bits per heavy atom. The maximum absolute atomic E-state index is 5.36. The van der Waals surface area contributed by atoms with E-state index in [1.165, 1.54) is 0 Å². The molecule has 0 fully saturated rings. The van der Waals surface area contributed by atoms with Crippen molar-refractivity contribution in [3.63, 3.8) is 0 Å². The topological polar surface area (TPSA) is 60.7 Å². The molecule has 0 radical (unpaired) electrons. The molecule has 0 spiro atoms. The van der Waals surface area contributed by atoms with Crippen molar-refractivity contribution in [3.8, 4) is 5.75 Å². The summed E-state index contributed by atoms with van der Waals surface area (Å²) >= 11 is 5.36. The fourth-order valence-corrected chi connectivity index (χ4v) is 2.28. The van der Waals surface area contributed by atoms with Crippen LogP contribution in [0.15, 0.2) is 24.5 Å². The van der Waals surface area contributed by atoms with Gasteiger partial charge in [-0.1, -0.05) is 0 Å². The first-order chi connectivity index (χ1) is 9.19. The van der Waals surface area contributed by atoms with Crippen molar-refractivity contribution in [1.29, 1.82) is 0 Å². The van der Waals surface area contributed by atoms with E-state index in [0.29, 0.717) is 11.3 Å². The number of benzene rings is 1. The summed E-state index contributed by atoms with van der Waals surface area (Å²) in [6.07, 6.45) is 1.67. The lowest BCUT2D eigenvalue weighted by molar-refractivity contribution is 0.415. The molecule has 1 N–H and O–H groups in total. The number of aromatic amines is 1. The number of hydrogen-bond acceptors (Lipinski definition) is 4. The molecule has 0 aliphatic rings. The summed E-state index contributed by atoms with van der Waals surface area (Å²) in [5.74, 6) is 1.65. The summed E-state index contributed by atoms with van der Waals surface area (Å²) < 4.78 is 9.77. The van der Waals surface area contributed by atoms with Gasteiger partial charge in [0, 0.05) is 13.1 Å². The molecule has 0 bridgehead atoms. The van der Waals surface area contributed by atoms with Gasteiger partial charge in [-0.05, 0) is 24.4 Å². The summed E-state index contributed by atoms with van der Waals surface area (Å²) in [4.78, 5) is 3.18. The maximum atomic E-state index is 5.36. The van der Waals surface area contributed by atoms with Crippen LogP contribution in [-0.4, -0.2) is 31.4 Å². The van der Waals surface area contributed by atoms with Gasteiger partial charge in [0.2, 0.25) is 0 Å². The second kappa shape index (κ2) is 4.51. The smallest absolute Gasteiger partial charge is 0.178 e. The second-order valence-corrected chi connectivity index (χ2v) is 4.64. The molecule has 1 aromatic carbocycles. The first-order valence-electron chi connectivity index (χ1n) is 5.78. The SMILES string of the molecule is COc1ccc2[nH]c(=S)n(Cc3nncn3C)c2c1. The number of fused-ring (bicyclic) bond motifs is 1. The lowest BCUT2D eigenvalue weighted by Gasteiger charge is -2.05. The Morgan fingerprint density at radius 1 is 1.42 bits per heavy atom. The van der Waals surface area contributed by atoms with E-state index < -0.39 is 0 Å². The summed E-state index contributed by atoms with van der Waals surface area (Å²) in [5.41, 5.74) is 1.97. The minimum Gasteiger partial charge on any atom is -0.497 e. The van der Waals surface area contributed by atoms with Crippen molar-refractivity contribution in [3.05, 3.63) is 35.1 Å². The molecule has 2 heterocycles. The fraction of sp³-hybridized carbons (Fsp3) is 0.250. The van der Waals surface area contributed by atoms with Gasteiger partial charge in [0.25, 0.3) is 0 Å². The average Bonchev–Trinajstić information content (AvgIpc) is 2.94. The number of methoxy groups -OCH3 is 1. The van der Waals surface area contributed by atoms with Gasteiger partial charge in [0.05, 0.1) is 24.7 Å². The van der Waals surface area contributed by atoms with Crippen molar-refractivity contribution < 1.29 is 4.74 Å². The Hall–Kier alpha value is -2.15. The molecule has 7 heteroatoms. The number of nitrogens with zero attached hydrogens (tertiary/aromatic N) is 4. The van der Waals surface area contributed by atoms with Crippen LogP contribution in [-0.2, 0) is 13.6 Å². The third-order valence-electron chi connectivity index (χ3n) is 3.09. The molecule has 2 aromatic heterocycles. The summed E-state index contributed by atoms with van der Waals surface area (Å²) in [6, 6.07) is 5.81. The van der Waals surface area contributed by atoms with Crippen molar-refractivity contribution in [2.45, 2.75) is 6.54 Å². The van der Waals surface area contributed by atoms with Crippen LogP contribution < -0.4 is 4.74 Å². The Labute approximate surface area is 114 Å². The number of hydrogen-bond donors (Lipinski definition) is 1. The normalized spacial score (nSPS) is 11.1. The van der Waals surface area contributed by atoms with Crippen LogP contribution in [0, 0.1) is 4.77 Å². The van der Waals surface area contributed by atoms with Crippen LogP contribution >= 0.6 is 12.2 Å². The van der Waals surface area contributed by atoms with E-state index in [0.717, 1.165) is 22.6 Å². The van der Waals surface area contributed by atoms with Crippen LogP contribution in [0.25, 0.3) is 11.0 Å². The Bertz CT molecular complexity index is 785. The molecule has 0 aliphatic carbocycles. The second-order valence-electron chi connectivity index (χ2n) is 4.26. The lowest BCUT2D eigenvalue weighted by atomic mass is 10.3. The van der Waals surface area contributed by atoms with Gasteiger partial charge in [-0.2, -0.15) is 0 Å². The largest absolute Gasteiger partial charge is 0.497 e.